The lowest BCUT2D eigenvalue weighted by molar-refractivity contribution is 0.669. The molecule has 2 aromatic heterocycles. The molecular formula is C47H29N3O. The quantitative estimate of drug-likeness (QED) is 0.190. The molecule has 51 heavy (non-hydrogen) atoms. The highest BCUT2D eigenvalue weighted by atomic mass is 16.3. The van der Waals surface area contributed by atoms with E-state index in [-0.39, 0.29) is 0 Å². The third-order valence-corrected chi connectivity index (χ3v) is 10.6. The molecule has 9 aromatic rings. The van der Waals surface area contributed by atoms with Crippen LogP contribution >= 0.6 is 0 Å². The minimum Gasteiger partial charge on any atom is -0.456 e. The zero-order valence-corrected chi connectivity index (χ0v) is 27.6. The molecule has 7 aromatic carbocycles. The van der Waals surface area contributed by atoms with Crippen molar-refractivity contribution in [3.63, 3.8) is 0 Å². The highest BCUT2D eigenvalue weighted by molar-refractivity contribution is 6.19. The van der Waals surface area contributed by atoms with Crippen LogP contribution in [0.3, 0.4) is 0 Å². The summed E-state index contributed by atoms with van der Waals surface area (Å²) in [7, 11) is 0. The van der Waals surface area contributed by atoms with Crippen molar-refractivity contribution in [2.75, 3.05) is 0 Å². The molecule has 0 fully saturated rings. The van der Waals surface area contributed by atoms with E-state index < -0.39 is 0 Å². The van der Waals surface area contributed by atoms with Gasteiger partial charge in [-0.25, -0.2) is 15.0 Å². The van der Waals surface area contributed by atoms with E-state index in [1.807, 2.05) is 30.3 Å². The zero-order valence-electron chi connectivity index (χ0n) is 27.6. The van der Waals surface area contributed by atoms with E-state index in [1.54, 1.807) is 0 Å². The average molecular weight is 652 g/mol. The Hall–Kier alpha value is -6.65. The molecule has 0 radical (unpaired) electrons. The molecule has 0 saturated heterocycles. The van der Waals surface area contributed by atoms with Gasteiger partial charge in [-0.15, -0.1) is 0 Å². The summed E-state index contributed by atoms with van der Waals surface area (Å²) in [5.74, 6) is 1.99. The fraction of sp³-hybridized carbons (Fsp3) is 0.0426. The van der Waals surface area contributed by atoms with Crippen molar-refractivity contribution >= 4 is 54.6 Å². The largest absolute Gasteiger partial charge is 0.456 e. The van der Waals surface area contributed by atoms with Gasteiger partial charge in [-0.05, 0) is 92.1 Å². The number of allylic oxidation sites excluding steroid dienone is 4. The molecule has 0 bridgehead atoms. The van der Waals surface area contributed by atoms with Crippen LogP contribution in [0.5, 0.6) is 0 Å². The summed E-state index contributed by atoms with van der Waals surface area (Å²) < 4.78 is 6.24. The first-order chi connectivity index (χ1) is 25.3. The van der Waals surface area contributed by atoms with Crippen molar-refractivity contribution in [1.29, 1.82) is 0 Å². The van der Waals surface area contributed by atoms with E-state index in [4.69, 9.17) is 19.4 Å². The van der Waals surface area contributed by atoms with Crippen molar-refractivity contribution in [3.8, 4) is 45.3 Å². The summed E-state index contributed by atoms with van der Waals surface area (Å²) in [6, 6.07) is 49.0. The molecule has 11 rings (SSSR count). The molecular weight excluding hydrogens is 623 g/mol. The Morgan fingerprint density at radius 3 is 2.12 bits per heavy atom. The number of aromatic nitrogens is 3. The first-order valence-corrected chi connectivity index (χ1v) is 17.5. The van der Waals surface area contributed by atoms with Gasteiger partial charge in [0, 0.05) is 27.5 Å². The molecule has 0 aliphatic heterocycles. The van der Waals surface area contributed by atoms with E-state index in [0.29, 0.717) is 17.5 Å². The predicted molar refractivity (Wildman–Crippen MR) is 209 cm³/mol. The summed E-state index contributed by atoms with van der Waals surface area (Å²) in [6.07, 6.45) is 6.74. The summed E-state index contributed by atoms with van der Waals surface area (Å²) in [6.45, 7) is 0. The Kier molecular flexibility index (Phi) is 6.05. The first-order valence-electron chi connectivity index (χ1n) is 17.5. The summed E-state index contributed by atoms with van der Waals surface area (Å²) in [5.41, 5.74) is 12.5. The van der Waals surface area contributed by atoms with Gasteiger partial charge in [0.15, 0.2) is 17.5 Å². The van der Waals surface area contributed by atoms with E-state index >= 15 is 0 Å². The number of hydrogen-bond acceptors (Lipinski definition) is 4. The number of benzene rings is 7. The second kappa shape index (κ2) is 10.9. The number of hydrogen-bond donors (Lipinski definition) is 0. The number of nitrogens with zero attached hydrogens (tertiary/aromatic N) is 3. The molecule has 0 amide bonds. The lowest BCUT2D eigenvalue weighted by atomic mass is 9.94. The fourth-order valence-electron chi connectivity index (χ4n) is 8.27. The van der Waals surface area contributed by atoms with Crippen LogP contribution in [0.1, 0.15) is 24.0 Å². The van der Waals surface area contributed by atoms with Crippen LogP contribution in [0.2, 0.25) is 0 Å². The van der Waals surface area contributed by atoms with Gasteiger partial charge >= 0.3 is 0 Å². The summed E-state index contributed by atoms with van der Waals surface area (Å²) >= 11 is 0. The SMILES string of the molecule is C1=CC2=C(CC1)c1cccc3c(-c4nc(-c5ccccc5)nc(-c5ccc6c(-c7cccc8oc9ccccc9c78)cccc6c5)n4)ccc2c13. The van der Waals surface area contributed by atoms with E-state index in [0.717, 1.165) is 73.4 Å². The van der Waals surface area contributed by atoms with Crippen LogP contribution in [-0.2, 0) is 0 Å². The summed E-state index contributed by atoms with van der Waals surface area (Å²) in [4.78, 5) is 15.4. The van der Waals surface area contributed by atoms with Crippen molar-refractivity contribution < 1.29 is 4.42 Å². The zero-order chi connectivity index (χ0) is 33.5. The maximum atomic E-state index is 6.24. The van der Waals surface area contributed by atoms with Crippen molar-refractivity contribution in [3.05, 3.63) is 163 Å². The molecule has 2 aliphatic rings. The molecule has 2 aliphatic carbocycles. The number of rotatable bonds is 4. The Bertz CT molecular complexity index is 2970. The smallest absolute Gasteiger partial charge is 0.164 e. The minimum atomic E-state index is 0.651. The Morgan fingerprint density at radius 1 is 0.451 bits per heavy atom. The van der Waals surface area contributed by atoms with Crippen LogP contribution in [0.15, 0.2) is 156 Å². The number of furan rings is 1. The molecule has 0 unspecified atom stereocenters. The molecule has 238 valence electrons. The lowest BCUT2D eigenvalue weighted by Crippen LogP contribution is -2.01. The van der Waals surface area contributed by atoms with Crippen molar-refractivity contribution in [2.45, 2.75) is 12.8 Å². The van der Waals surface area contributed by atoms with Gasteiger partial charge in [-0.2, -0.15) is 0 Å². The summed E-state index contributed by atoms with van der Waals surface area (Å²) in [5, 5.41) is 7.01. The minimum absolute atomic E-state index is 0.651. The van der Waals surface area contributed by atoms with Crippen LogP contribution in [0, 0.1) is 0 Å². The van der Waals surface area contributed by atoms with E-state index in [2.05, 4.69) is 121 Å². The Labute approximate surface area is 294 Å². The molecule has 2 heterocycles. The lowest BCUT2D eigenvalue weighted by Gasteiger charge is -2.13. The van der Waals surface area contributed by atoms with Gasteiger partial charge in [-0.1, -0.05) is 127 Å². The van der Waals surface area contributed by atoms with Gasteiger partial charge in [0.1, 0.15) is 11.2 Å². The van der Waals surface area contributed by atoms with Crippen molar-refractivity contribution in [2.24, 2.45) is 0 Å². The molecule has 0 saturated carbocycles. The fourth-order valence-corrected chi connectivity index (χ4v) is 8.27. The third kappa shape index (κ3) is 4.30. The predicted octanol–water partition coefficient (Wildman–Crippen LogP) is 12.3. The van der Waals surface area contributed by atoms with Crippen LogP contribution in [0.4, 0.5) is 0 Å². The Morgan fingerprint density at radius 2 is 1.18 bits per heavy atom. The van der Waals surface area contributed by atoms with Gasteiger partial charge in [-0.3, -0.25) is 0 Å². The third-order valence-electron chi connectivity index (χ3n) is 10.6. The maximum absolute atomic E-state index is 6.24. The van der Waals surface area contributed by atoms with Crippen LogP contribution < -0.4 is 0 Å². The molecule has 4 heteroatoms. The van der Waals surface area contributed by atoms with Gasteiger partial charge in [0.05, 0.1) is 0 Å². The van der Waals surface area contributed by atoms with E-state index in [9.17, 15) is 0 Å². The van der Waals surface area contributed by atoms with Crippen LogP contribution in [0.25, 0.3) is 99.9 Å². The van der Waals surface area contributed by atoms with Gasteiger partial charge < -0.3 is 4.42 Å². The monoisotopic (exact) mass is 651 g/mol. The second-order valence-electron chi connectivity index (χ2n) is 13.4. The molecule has 0 N–H and O–H groups in total. The topological polar surface area (TPSA) is 51.8 Å². The highest BCUT2D eigenvalue weighted by Gasteiger charge is 2.26. The van der Waals surface area contributed by atoms with Crippen molar-refractivity contribution in [1.82, 2.24) is 15.0 Å². The number of para-hydroxylation sites is 1. The molecule has 4 nitrogen and oxygen atoms in total. The average Bonchev–Trinajstić information content (AvgIpc) is 3.75. The maximum Gasteiger partial charge on any atom is 0.164 e. The van der Waals surface area contributed by atoms with Gasteiger partial charge in [0.25, 0.3) is 0 Å². The first kappa shape index (κ1) is 28.2. The highest BCUT2D eigenvalue weighted by Crippen LogP contribution is 2.48. The second-order valence-corrected chi connectivity index (χ2v) is 13.4. The van der Waals surface area contributed by atoms with Crippen LogP contribution in [-0.4, -0.2) is 15.0 Å². The molecule has 0 atom stereocenters. The molecule has 0 spiro atoms. The normalized spacial score (nSPS) is 13.6. The number of fused-ring (bicyclic) bond motifs is 6. The van der Waals surface area contributed by atoms with E-state index in [1.165, 1.54) is 33.0 Å². The Balaban J connectivity index is 1.09. The van der Waals surface area contributed by atoms with Gasteiger partial charge in [0.2, 0.25) is 0 Å². The standard InChI is InChI=1S/C47H29N3O/c1-2-11-28(12-3-1)45-48-46(50-47(49-45)39-26-25-38-34-15-5-4-14-33(34)35-18-9-19-37(39)43(35)38)30-23-24-31-29(27-30)13-8-17-32(31)36-20-10-22-42-44(36)40-16-6-7-21-41(40)51-42/h1-3,5-13,15-27H,4,14H2.